The second kappa shape index (κ2) is 5.41. The van der Waals surface area contributed by atoms with Crippen molar-refractivity contribution in [2.75, 3.05) is 13.8 Å². The molecule has 0 bridgehead atoms. The van der Waals surface area contributed by atoms with Gasteiger partial charge >= 0.3 is 0 Å². The molecule has 4 heteroatoms. The van der Waals surface area contributed by atoms with Crippen LogP contribution >= 0.6 is 0 Å². The van der Waals surface area contributed by atoms with E-state index >= 15 is 0 Å². The highest BCUT2D eigenvalue weighted by atomic mass is 16.5. The van der Waals surface area contributed by atoms with Gasteiger partial charge in [0, 0.05) is 5.56 Å². The van der Waals surface area contributed by atoms with E-state index in [4.69, 9.17) is 4.74 Å². The molecular formula is C13H15N3O. The average Bonchev–Trinajstić information content (AvgIpc) is 2.38. The van der Waals surface area contributed by atoms with Crippen molar-refractivity contribution in [2.45, 2.75) is 6.92 Å². The number of hydrogen-bond acceptors (Lipinski definition) is 4. The van der Waals surface area contributed by atoms with Crippen molar-refractivity contribution >= 4 is 0 Å². The fourth-order valence-electron chi connectivity index (χ4n) is 1.51. The number of nitrogens with zero attached hydrogens (tertiary/aromatic N) is 2. The summed E-state index contributed by atoms with van der Waals surface area (Å²) in [5.41, 5.74) is 2.21. The maximum Gasteiger partial charge on any atom is 0.159 e. The van der Waals surface area contributed by atoms with Gasteiger partial charge in [0.05, 0.1) is 12.4 Å². The van der Waals surface area contributed by atoms with Gasteiger partial charge in [-0.25, -0.2) is 9.97 Å². The molecular weight excluding hydrogens is 214 g/mol. The molecule has 0 saturated carbocycles. The van der Waals surface area contributed by atoms with Crippen molar-refractivity contribution in [1.29, 1.82) is 0 Å². The molecule has 0 atom stereocenters. The zero-order valence-corrected chi connectivity index (χ0v) is 9.97. The SMILES string of the molecule is CNCOc1cnc(-c2ccccc2C)nc1. The summed E-state index contributed by atoms with van der Waals surface area (Å²) < 4.78 is 5.34. The summed E-state index contributed by atoms with van der Waals surface area (Å²) in [5.74, 6) is 1.39. The van der Waals surface area contributed by atoms with Gasteiger partial charge in [0.1, 0.15) is 6.73 Å². The molecule has 2 rings (SSSR count). The van der Waals surface area contributed by atoms with E-state index in [-0.39, 0.29) is 0 Å². The van der Waals surface area contributed by atoms with Crippen LogP contribution < -0.4 is 10.1 Å². The first-order chi connectivity index (χ1) is 8.31. The zero-order valence-electron chi connectivity index (χ0n) is 9.97. The Kier molecular flexibility index (Phi) is 3.67. The molecule has 1 heterocycles. The van der Waals surface area contributed by atoms with Crippen LogP contribution in [0.3, 0.4) is 0 Å². The molecule has 88 valence electrons. The van der Waals surface area contributed by atoms with Crippen LogP contribution in [0.15, 0.2) is 36.7 Å². The van der Waals surface area contributed by atoms with Gasteiger partial charge in [-0.05, 0) is 19.5 Å². The maximum atomic E-state index is 5.34. The summed E-state index contributed by atoms with van der Waals surface area (Å²) >= 11 is 0. The summed E-state index contributed by atoms with van der Waals surface area (Å²) in [6, 6.07) is 8.04. The van der Waals surface area contributed by atoms with Gasteiger partial charge in [-0.1, -0.05) is 24.3 Å². The van der Waals surface area contributed by atoms with E-state index in [0.29, 0.717) is 12.5 Å². The lowest BCUT2D eigenvalue weighted by Gasteiger charge is -2.06. The van der Waals surface area contributed by atoms with Gasteiger partial charge in [-0.2, -0.15) is 0 Å². The van der Waals surface area contributed by atoms with Gasteiger partial charge in [-0.15, -0.1) is 0 Å². The summed E-state index contributed by atoms with van der Waals surface area (Å²) in [6.07, 6.45) is 3.37. The molecule has 1 N–H and O–H groups in total. The topological polar surface area (TPSA) is 47.0 Å². The summed E-state index contributed by atoms with van der Waals surface area (Å²) in [4.78, 5) is 8.60. The predicted molar refractivity (Wildman–Crippen MR) is 66.8 cm³/mol. The maximum absolute atomic E-state index is 5.34. The van der Waals surface area contributed by atoms with E-state index in [1.54, 1.807) is 12.4 Å². The number of rotatable bonds is 4. The lowest BCUT2D eigenvalue weighted by Crippen LogP contribution is -2.14. The smallest absolute Gasteiger partial charge is 0.159 e. The monoisotopic (exact) mass is 229 g/mol. The molecule has 17 heavy (non-hydrogen) atoms. The van der Waals surface area contributed by atoms with Crippen LogP contribution in [0.1, 0.15) is 5.56 Å². The van der Waals surface area contributed by atoms with E-state index in [1.807, 2.05) is 38.2 Å². The number of aromatic nitrogens is 2. The summed E-state index contributed by atoms with van der Waals surface area (Å²) in [6.45, 7) is 2.50. The number of aryl methyl sites for hydroxylation is 1. The minimum absolute atomic E-state index is 0.451. The molecule has 0 fully saturated rings. The first kappa shape index (κ1) is 11.5. The molecule has 1 aromatic carbocycles. The minimum atomic E-state index is 0.451. The van der Waals surface area contributed by atoms with Crippen molar-refractivity contribution < 1.29 is 4.74 Å². The first-order valence-electron chi connectivity index (χ1n) is 5.46. The van der Waals surface area contributed by atoms with Gasteiger partial charge in [0.2, 0.25) is 0 Å². The van der Waals surface area contributed by atoms with E-state index < -0.39 is 0 Å². The lowest BCUT2D eigenvalue weighted by atomic mass is 10.1. The zero-order chi connectivity index (χ0) is 12.1. The van der Waals surface area contributed by atoms with E-state index in [9.17, 15) is 0 Å². The van der Waals surface area contributed by atoms with Crippen molar-refractivity contribution in [1.82, 2.24) is 15.3 Å². The van der Waals surface area contributed by atoms with E-state index in [1.165, 1.54) is 0 Å². The van der Waals surface area contributed by atoms with E-state index in [0.717, 1.165) is 17.0 Å². The quantitative estimate of drug-likeness (QED) is 0.815. The van der Waals surface area contributed by atoms with Crippen LogP contribution in [-0.4, -0.2) is 23.7 Å². The van der Waals surface area contributed by atoms with Crippen molar-refractivity contribution in [3.05, 3.63) is 42.2 Å². The number of nitrogens with one attached hydrogen (secondary N) is 1. The van der Waals surface area contributed by atoms with Crippen molar-refractivity contribution in [3.63, 3.8) is 0 Å². The molecule has 2 aromatic rings. The molecule has 0 unspecified atom stereocenters. The predicted octanol–water partition coefficient (Wildman–Crippen LogP) is 2.01. The number of benzene rings is 1. The highest BCUT2D eigenvalue weighted by molar-refractivity contribution is 5.59. The van der Waals surface area contributed by atoms with Crippen molar-refractivity contribution in [2.24, 2.45) is 0 Å². The summed E-state index contributed by atoms with van der Waals surface area (Å²) in [7, 11) is 1.82. The van der Waals surface area contributed by atoms with Crippen LogP contribution in [0.25, 0.3) is 11.4 Å². The Hall–Kier alpha value is -1.94. The van der Waals surface area contributed by atoms with Gasteiger partial charge < -0.3 is 4.74 Å². The third kappa shape index (κ3) is 2.79. The third-order valence-electron chi connectivity index (χ3n) is 2.40. The number of hydrogen-bond donors (Lipinski definition) is 1. The van der Waals surface area contributed by atoms with Crippen LogP contribution in [0.5, 0.6) is 5.75 Å². The van der Waals surface area contributed by atoms with Gasteiger partial charge in [-0.3, -0.25) is 5.32 Å². The second-order valence-corrected chi connectivity index (χ2v) is 3.70. The minimum Gasteiger partial charge on any atom is -0.475 e. The molecule has 0 spiro atoms. The Morgan fingerprint density at radius 3 is 2.53 bits per heavy atom. The molecule has 1 aromatic heterocycles. The van der Waals surface area contributed by atoms with E-state index in [2.05, 4.69) is 15.3 Å². The highest BCUT2D eigenvalue weighted by Crippen LogP contribution is 2.19. The largest absolute Gasteiger partial charge is 0.475 e. The Morgan fingerprint density at radius 2 is 1.88 bits per heavy atom. The Balaban J connectivity index is 2.21. The van der Waals surface area contributed by atoms with Crippen molar-refractivity contribution in [3.8, 4) is 17.1 Å². The third-order valence-corrected chi connectivity index (χ3v) is 2.40. The normalized spacial score (nSPS) is 10.2. The van der Waals surface area contributed by atoms with Crippen LogP contribution in [0, 0.1) is 6.92 Å². The van der Waals surface area contributed by atoms with Gasteiger partial charge in [0.15, 0.2) is 11.6 Å². The number of ether oxygens (including phenoxy) is 1. The Bertz CT molecular complexity index is 482. The molecule has 0 saturated heterocycles. The molecule has 0 aliphatic carbocycles. The molecule has 0 aliphatic rings. The van der Waals surface area contributed by atoms with Crippen LogP contribution in [-0.2, 0) is 0 Å². The first-order valence-corrected chi connectivity index (χ1v) is 5.46. The van der Waals surface area contributed by atoms with Crippen LogP contribution in [0.2, 0.25) is 0 Å². The molecule has 0 radical (unpaired) electrons. The highest BCUT2D eigenvalue weighted by Gasteiger charge is 2.04. The van der Waals surface area contributed by atoms with Crippen LogP contribution in [0.4, 0.5) is 0 Å². The fraction of sp³-hybridized carbons (Fsp3) is 0.231. The Morgan fingerprint density at radius 1 is 1.18 bits per heavy atom. The van der Waals surface area contributed by atoms with Gasteiger partial charge in [0.25, 0.3) is 0 Å². The lowest BCUT2D eigenvalue weighted by molar-refractivity contribution is 0.294. The molecule has 0 amide bonds. The second-order valence-electron chi connectivity index (χ2n) is 3.70. The Labute approximate surface area is 101 Å². The fourth-order valence-corrected chi connectivity index (χ4v) is 1.51. The summed E-state index contributed by atoms with van der Waals surface area (Å²) in [5, 5.41) is 2.89. The average molecular weight is 229 g/mol. The molecule has 0 aliphatic heterocycles. The molecule has 4 nitrogen and oxygen atoms in total. The standard InChI is InChI=1S/C13H15N3O/c1-10-5-3-4-6-12(10)13-15-7-11(8-16-13)17-9-14-2/h3-8,14H,9H2,1-2H3.